The Bertz CT molecular complexity index is 2450. The van der Waals surface area contributed by atoms with Crippen LogP contribution in [0.15, 0.2) is 132 Å². The predicted molar refractivity (Wildman–Crippen MR) is 164 cm³/mol. The van der Waals surface area contributed by atoms with Gasteiger partial charge in [-0.25, -0.2) is 4.98 Å². The molecule has 0 spiro atoms. The van der Waals surface area contributed by atoms with Crippen LogP contribution in [0.4, 0.5) is 0 Å². The number of hydrogen-bond acceptors (Lipinski definition) is 3. The molecule has 0 saturated carbocycles. The molecule has 4 nitrogen and oxygen atoms in total. The van der Waals surface area contributed by atoms with Crippen molar-refractivity contribution >= 4 is 65.6 Å². The summed E-state index contributed by atoms with van der Waals surface area (Å²) in [6.07, 6.45) is 1.83. The number of para-hydroxylation sites is 2. The highest BCUT2D eigenvalue weighted by Crippen LogP contribution is 2.41. The summed E-state index contributed by atoms with van der Waals surface area (Å²) < 4.78 is 8.66. The topological polar surface area (TPSA) is 43.9 Å². The van der Waals surface area contributed by atoms with Gasteiger partial charge >= 0.3 is 0 Å². The maximum Gasteiger partial charge on any atom is 0.137 e. The monoisotopic (exact) mass is 511 g/mol. The molecule has 4 aromatic heterocycles. The summed E-state index contributed by atoms with van der Waals surface area (Å²) in [6, 6.07) is 42.4. The Morgan fingerprint density at radius 2 is 1.40 bits per heavy atom. The summed E-state index contributed by atoms with van der Waals surface area (Å²) in [5.41, 5.74) is 9.02. The van der Waals surface area contributed by atoms with Gasteiger partial charge in [0.25, 0.3) is 0 Å². The number of fused-ring (bicyclic) bond motifs is 10. The quantitative estimate of drug-likeness (QED) is 0.217. The molecular weight excluding hydrogens is 490 g/mol. The van der Waals surface area contributed by atoms with Crippen molar-refractivity contribution in [2.75, 3.05) is 0 Å². The van der Waals surface area contributed by atoms with Gasteiger partial charge < -0.3 is 8.98 Å². The standard InChI is InChI=1S/C36H21N3O/c1-3-12-30-26(10-1)27-17-19-32-33(28-11-2-4-13-31(28)40-32)36(27)39(30)25-9-5-7-24(21-25)29-18-16-23-15-14-22-8-6-20-37-34(22)35(23)38-29/h1-21H. The molecule has 0 atom stereocenters. The molecule has 0 fully saturated rings. The first-order chi connectivity index (χ1) is 19.8. The summed E-state index contributed by atoms with van der Waals surface area (Å²) in [5, 5.41) is 6.87. The molecule has 4 heteroatoms. The average Bonchev–Trinajstić information content (AvgIpc) is 3.56. The minimum absolute atomic E-state index is 0.893. The van der Waals surface area contributed by atoms with Gasteiger partial charge in [-0.05, 0) is 48.5 Å². The van der Waals surface area contributed by atoms with Gasteiger partial charge in [0.1, 0.15) is 11.2 Å². The minimum atomic E-state index is 0.893. The Hall–Kier alpha value is -5.48. The van der Waals surface area contributed by atoms with Gasteiger partial charge in [-0.1, -0.05) is 72.8 Å². The highest BCUT2D eigenvalue weighted by atomic mass is 16.3. The summed E-state index contributed by atoms with van der Waals surface area (Å²) in [6.45, 7) is 0. The molecule has 0 aliphatic heterocycles. The lowest BCUT2D eigenvalue weighted by atomic mass is 10.1. The van der Waals surface area contributed by atoms with Crippen LogP contribution in [0, 0.1) is 0 Å². The van der Waals surface area contributed by atoms with Crippen LogP contribution in [0.1, 0.15) is 0 Å². The Morgan fingerprint density at radius 3 is 2.35 bits per heavy atom. The molecule has 186 valence electrons. The maximum atomic E-state index is 6.29. The van der Waals surface area contributed by atoms with Gasteiger partial charge in [-0.15, -0.1) is 0 Å². The predicted octanol–water partition coefficient (Wildman–Crippen LogP) is 9.45. The third-order valence-electron chi connectivity index (χ3n) is 8.01. The lowest BCUT2D eigenvalue weighted by molar-refractivity contribution is 0.669. The first kappa shape index (κ1) is 21.5. The van der Waals surface area contributed by atoms with E-state index in [2.05, 4.69) is 113 Å². The van der Waals surface area contributed by atoms with E-state index in [0.717, 1.165) is 71.7 Å². The first-order valence-corrected chi connectivity index (χ1v) is 13.4. The molecule has 4 heterocycles. The fraction of sp³-hybridized carbons (Fsp3) is 0. The van der Waals surface area contributed by atoms with E-state index in [1.807, 2.05) is 24.4 Å². The number of hydrogen-bond donors (Lipinski definition) is 0. The van der Waals surface area contributed by atoms with Gasteiger partial charge in [-0.2, -0.15) is 0 Å². The molecule has 9 aromatic rings. The van der Waals surface area contributed by atoms with Crippen molar-refractivity contribution in [1.82, 2.24) is 14.5 Å². The van der Waals surface area contributed by atoms with Gasteiger partial charge in [0, 0.05) is 44.4 Å². The Balaban J connectivity index is 1.34. The normalized spacial score (nSPS) is 12.0. The highest BCUT2D eigenvalue weighted by molar-refractivity contribution is 6.24. The summed E-state index contributed by atoms with van der Waals surface area (Å²) in [5.74, 6) is 0. The number of nitrogens with zero attached hydrogens (tertiary/aromatic N) is 3. The van der Waals surface area contributed by atoms with Crippen LogP contribution in [0.25, 0.3) is 82.5 Å². The lowest BCUT2D eigenvalue weighted by Gasteiger charge is -2.11. The second kappa shape index (κ2) is 8.01. The van der Waals surface area contributed by atoms with Gasteiger partial charge in [0.05, 0.1) is 33.1 Å². The van der Waals surface area contributed by atoms with Gasteiger partial charge in [0.2, 0.25) is 0 Å². The molecule has 0 unspecified atom stereocenters. The lowest BCUT2D eigenvalue weighted by Crippen LogP contribution is -1.95. The zero-order valence-corrected chi connectivity index (χ0v) is 21.4. The molecule has 40 heavy (non-hydrogen) atoms. The Morgan fingerprint density at radius 1 is 0.575 bits per heavy atom. The van der Waals surface area contributed by atoms with Crippen LogP contribution in [-0.4, -0.2) is 14.5 Å². The van der Waals surface area contributed by atoms with E-state index in [-0.39, 0.29) is 0 Å². The zero-order chi connectivity index (χ0) is 26.2. The van der Waals surface area contributed by atoms with Gasteiger partial charge in [0.15, 0.2) is 0 Å². The summed E-state index contributed by atoms with van der Waals surface area (Å²) >= 11 is 0. The highest BCUT2D eigenvalue weighted by Gasteiger charge is 2.19. The summed E-state index contributed by atoms with van der Waals surface area (Å²) in [4.78, 5) is 9.76. The van der Waals surface area contributed by atoms with Crippen molar-refractivity contribution < 1.29 is 4.42 Å². The third kappa shape index (κ3) is 2.96. The van der Waals surface area contributed by atoms with E-state index in [1.165, 1.54) is 10.8 Å². The number of benzene rings is 5. The zero-order valence-electron chi connectivity index (χ0n) is 21.4. The van der Waals surface area contributed by atoms with Crippen LogP contribution in [0.2, 0.25) is 0 Å². The second-order valence-corrected chi connectivity index (χ2v) is 10.2. The van der Waals surface area contributed by atoms with Crippen molar-refractivity contribution in [3.63, 3.8) is 0 Å². The molecule has 0 bridgehead atoms. The molecule has 9 rings (SSSR count). The number of furan rings is 1. The fourth-order valence-corrected chi connectivity index (χ4v) is 6.22. The Labute approximate surface area is 228 Å². The molecule has 0 N–H and O–H groups in total. The fourth-order valence-electron chi connectivity index (χ4n) is 6.22. The SMILES string of the molecule is c1cc(-c2ccc3ccc4cccnc4c3n2)cc(-n2c3ccccc3c3ccc4oc5ccccc5c4c32)c1. The van der Waals surface area contributed by atoms with Crippen molar-refractivity contribution in [2.24, 2.45) is 0 Å². The van der Waals surface area contributed by atoms with E-state index in [1.54, 1.807) is 0 Å². The number of pyridine rings is 2. The average molecular weight is 512 g/mol. The number of aromatic nitrogens is 3. The first-order valence-electron chi connectivity index (χ1n) is 13.4. The van der Waals surface area contributed by atoms with Gasteiger partial charge in [-0.3, -0.25) is 4.98 Å². The Kier molecular flexibility index (Phi) is 4.30. The van der Waals surface area contributed by atoms with Crippen molar-refractivity contribution in [1.29, 1.82) is 0 Å². The van der Waals surface area contributed by atoms with E-state index < -0.39 is 0 Å². The molecule has 0 saturated heterocycles. The largest absolute Gasteiger partial charge is 0.456 e. The van der Waals surface area contributed by atoms with Crippen LogP contribution < -0.4 is 0 Å². The third-order valence-corrected chi connectivity index (χ3v) is 8.01. The van der Waals surface area contributed by atoms with E-state index in [9.17, 15) is 0 Å². The number of rotatable bonds is 2. The molecule has 0 aliphatic rings. The van der Waals surface area contributed by atoms with Crippen LogP contribution in [-0.2, 0) is 0 Å². The minimum Gasteiger partial charge on any atom is -0.456 e. The second-order valence-electron chi connectivity index (χ2n) is 10.2. The molecular formula is C36H21N3O. The van der Waals surface area contributed by atoms with Crippen molar-refractivity contribution in [2.45, 2.75) is 0 Å². The van der Waals surface area contributed by atoms with Crippen molar-refractivity contribution in [3.05, 3.63) is 128 Å². The smallest absolute Gasteiger partial charge is 0.137 e. The van der Waals surface area contributed by atoms with Crippen LogP contribution >= 0.6 is 0 Å². The molecule has 5 aromatic carbocycles. The van der Waals surface area contributed by atoms with Crippen LogP contribution in [0.5, 0.6) is 0 Å². The molecule has 0 aliphatic carbocycles. The maximum absolute atomic E-state index is 6.29. The van der Waals surface area contributed by atoms with E-state index >= 15 is 0 Å². The van der Waals surface area contributed by atoms with Crippen molar-refractivity contribution in [3.8, 4) is 16.9 Å². The van der Waals surface area contributed by atoms with E-state index in [4.69, 9.17) is 9.40 Å². The summed E-state index contributed by atoms with van der Waals surface area (Å²) in [7, 11) is 0. The molecule has 0 radical (unpaired) electrons. The van der Waals surface area contributed by atoms with Crippen LogP contribution in [0.3, 0.4) is 0 Å². The van der Waals surface area contributed by atoms with E-state index in [0.29, 0.717) is 0 Å². The molecule has 0 amide bonds.